The molecular weight excluding hydrogens is 386 g/mol. The molecule has 1 heterocycles. The Balaban J connectivity index is 2.21. The molecule has 0 saturated heterocycles. The third-order valence-corrected chi connectivity index (χ3v) is 4.21. The van der Waals surface area contributed by atoms with Gasteiger partial charge in [-0.2, -0.15) is 14.5 Å². The van der Waals surface area contributed by atoms with Crippen molar-refractivity contribution < 1.29 is 9.57 Å². The minimum absolute atomic E-state index is 0.0881. The van der Waals surface area contributed by atoms with Crippen LogP contribution in [0.15, 0.2) is 38.4 Å². The fourth-order valence-electron chi connectivity index (χ4n) is 2.33. The van der Waals surface area contributed by atoms with Crippen LogP contribution in [0.5, 0.6) is 0 Å². The van der Waals surface area contributed by atoms with Crippen LogP contribution in [-0.4, -0.2) is 43.7 Å². The normalized spacial score (nSPS) is 12.6. The molecular formula is C20H25N7O3. The standard InChI is InChI=1S/C20H25N7O3/c1-7-12-30-23-16(5)15(4)21-22-19(8-2)29-13-17-14(3)10-9-11-18(17)27-20(28)26(6)24-25-27/h1,9-11H,8,12-13H2,2-6H3/b21-15-,22-19+,23-16+. The molecule has 0 radical (unpaired) electrons. The van der Waals surface area contributed by atoms with Crippen LogP contribution < -0.4 is 5.69 Å². The van der Waals surface area contributed by atoms with Gasteiger partial charge in [-0.15, -0.1) is 11.5 Å². The highest BCUT2D eigenvalue weighted by Gasteiger charge is 2.14. The van der Waals surface area contributed by atoms with E-state index in [-0.39, 0.29) is 18.9 Å². The van der Waals surface area contributed by atoms with Gasteiger partial charge in [-0.1, -0.05) is 30.1 Å². The van der Waals surface area contributed by atoms with Crippen LogP contribution in [0.2, 0.25) is 0 Å². The molecule has 0 aliphatic rings. The zero-order valence-corrected chi connectivity index (χ0v) is 17.8. The summed E-state index contributed by atoms with van der Waals surface area (Å²) in [5.41, 5.74) is 3.17. The molecule has 2 aromatic rings. The van der Waals surface area contributed by atoms with Crippen LogP contribution in [0.1, 0.15) is 38.3 Å². The van der Waals surface area contributed by atoms with Gasteiger partial charge in [0.1, 0.15) is 6.61 Å². The molecule has 2 rings (SSSR count). The molecule has 10 nitrogen and oxygen atoms in total. The van der Waals surface area contributed by atoms with Gasteiger partial charge in [0.15, 0.2) is 6.61 Å². The molecule has 0 atom stereocenters. The van der Waals surface area contributed by atoms with Crippen LogP contribution in [0, 0.1) is 19.3 Å². The molecule has 0 bridgehead atoms. The highest BCUT2D eigenvalue weighted by molar-refractivity contribution is 6.40. The van der Waals surface area contributed by atoms with Crippen molar-refractivity contribution in [2.75, 3.05) is 6.61 Å². The van der Waals surface area contributed by atoms with Gasteiger partial charge in [0.2, 0.25) is 5.90 Å². The van der Waals surface area contributed by atoms with Crippen molar-refractivity contribution in [2.24, 2.45) is 22.4 Å². The predicted molar refractivity (Wildman–Crippen MR) is 115 cm³/mol. The molecule has 0 N–H and O–H groups in total. The second-order valence-electron chi connectivity index (χ2n) is 6.35. The summed E-state index contributed by atoms with van der Waals surface area (Å²) >= 11 is 0. The van der Waals surface area contributed by atoms with Crippen molar-refractivity contribution >= 4 is 17.3 Å². The number of ether oxygens (including phenoxy) is 1. The molecule has 0 saturated carbocycles. The number of rotatable bonds is 8. The van der Waals surface area contributed by atoms with E-state index in [0.29, 0.717) is 29.4 Å². The second-order valence-corrected chi connectivity index (χ2v) is 6.35. The van der Waals surface area contributed by atoms with Crippen molar-refractivity contribution in [1.82, 2.24) is 19.8 Å². The van der Waals surface area contributed by atoms with Crippen LogP contribution in [0.4, 0.5) is 0 Å². The number of tetrazole rings is 1. The number of hydrogen-bond donors (Lipinski definition) is 0. The van der Waals surface area contributed by atoms with E-state index in [0.717, 1.165) is 11.1 Å². The average molecular weight is 411 g/mol. The Labute approximate surface area is 174 Å². The first-order chi connectivity index (χ1) is 14.4. The zero-order chi connectivity index (χ0) is 22.1. The smallest absolute Gasteiger partial charge is 0.368 e. The number of nitrogens with zero attached hydrogens (tertiary/aromatic N) is 7. The van der Waals surface area contributed by atoms with Gasteiger partial charge in [0.05, 0.1) is 17.1 Å². The lowest BCUT2D eigenvalue weighted by atomic mass is 10.1. The summed E-state index contributed by atoms with van der Waals surface area (Å²) in [5.74, 6) is 2.77. The summed E-state index contributed by atoms with van der Waals surface area (Å²) in [4.78, 5) is 17.2. The third kappa shape index (κ3) is 5.64. The summed E-state index contributed by atoms with van der Waals surface area (Å²) in [6, 6.07) is 5.58. The number of terminal acetylenes is 1. The number of benzene rings is 1. The first-order valence-electron chi connectivity index (χ1n) is 9.31. The van der Waals surface area contributed by atoms with Gasteiger partial charge in [-0.05, 0) is 42.8 Å². The van der Waals surface area contributed by atoms with Crippen molar-refractivity contribution in [3.63, 3.8) is 0 Å². The maximum Gasteiger partial charge on any atom is 0.368 e. The Morgan fingerprint density at radius 3 is 2.63 bits per heavy atom. The predicted octanol–water partition coefficient (Wildman–Crippen LogP) is 2.00. The van der Waals surface area contributed by atoms with E-state index in [1.165, 1.54) is 9.36 Å². The number of oxime groups is 1. The van der Waals surface area contributed by atoms with Crippen molar-refractivity contribution in [1.29, 1.82) is 0 Å². The summed E-state index contributed by atoms with van der Waals surface area (Å²) < 4.78 is 8.28. The lowest BCUT2D eigenvalue weighted by Crippen LogP contribution is -2.23. The first-order valence-corrected chi connectivity index (χ1v) is 9.31. The molecule has 0 aliphatic heterocycles. The minimum Gasteiger partial charge on any atom is -0.475 e. The summed E-state index contributed by atoms with van der Waals surface area (Å²) in [6.45, 7) is 7.64. The Bertz CT molecular complexity index is 1070. The molecule has 0 aliphatic carbocycles. The average Bonchev–Trinajstić information content (AvgIpc) is 3.07. The Hall–Kier alpha value is -3.74. The quantitative estimate of drug-likeness (QED) is 0.217. The van der Waals surface area contributed by atoms with E-state index in [1.54, 1.807) is 27.0 Å². The minimum atomic E-state index is -0.340. The maximum absolute atomic E-state index is 12.2. The van der Waals surface area contributed by atoms with E-state index in [9.17, 15) is 4.79 Å². The first kappa shape index (κ1) is 22.5. The summed E-state index contributed by atoms with van der Waals surface area (Å²) in [7, 11) is 1.54. The fraction of sp³-hybridized carbons (Fsp3) is 0.400. The maximum atomic E-state index is 12.2. The van der Waals surface area contributed by atoms with Crippen LogP contribution in [0.25, 0.3) is 5.69 Å². The van der Waals surface area contributed by atoms with Crippen molar-refractivity contribution in [2.45, 2.75) is 40.7 Å². The lowest BCUT2D eigenvalue weighted by Gasteiger charge is -2.13. The van der Waals surface area contributed by atoms with E-state index in [1.807, 2.05) is 26.0 Å². The van der Waals surface area contributed by atoms with Gasteiger partial charge in [0.25, 0.3) is 0 Å². The number of hydrogen-bond acceptors (Lipinski definition) is 8. The van der Waals surface area contributed by atoms with E-state index < -0.39 is 0 Å². The molecule has 0 fully saturated rings. The Morgan fingerprint density at radius 1 is 1.23 bits per heavy atom. The third-order valence-electron chi connectivity index (χ3n) is 4.21. The molecule has 1 aromatic heterocycles. The van der Waals surface area contributed by atoms with Crippen LogP contribution in [-0.2, 0) is 23.2 Å². The van der Waals surface area contributed by atoms with Gasteiger partial charge in [-0.3, -0.25) is 0 Å². The zero-order valence-electron chi connectivity index (χ0n) is 17.8. The molecule has 0 spiro atoms. The second kappa shape index (κ2) is 10.7. The molecule has 0 amide bonds. The molecule has 0 unspecified atom stereocenters. The van der Waals surface area contributed by atoms with Gasteiger partial charge >= 0.3 is 5.69 Å². The molecule has 1 aromatic carbocycles. The van der Waals surface area contributed by atoms with E-state index in [4.69, 9.17) is 16.0 Å². The largest absolute Gasteiger partial charge is 0.475 e. The lowest BCUT2D eigenvalue weighted by molar-refractivity contribution is 0.180. The summed E-state index contributed by atoms with van der Waals surface area (Å²) in [5, 5.41) is 19.9. The SMILES string of the molecule is C#CCO/N=C(C)/C(C)=N\N=C(/CC)OCc1c(C)cccc1-n1nnn(C)c1=O. The number of aryl methyl sites for hydroxylation is 2. The van der Waals surface area contributed by atoms with Gasteiger partial charge in [-0.25, -0.2) is 4.79 Å². The highest BCUT2D eigenvalue weighted by Crippen LogP contribution is 2.18. The number of aromatic nitrogens is 4. The highest BCUT2D eigenvalue weighted by atomic mass is 16.6. The van der Waals surface area contributed by atoms with Crippen molar-refractivity contribution in [3.05, 3.63) is 39.8 Å². The molecule has 10 heteroatoms. The summed E-state index contributed by atoms with van der Waals surface area (Å²) in [6.07, 6.45) is 5.65. The Kier molecular flexibility index (Phi) is 8.05. The van der Waals surface area contributed by atoms with Gasteiger partial charge < -0.3 is 9.57 Å². The van der Waals surface area contributed by atoms with E-state index in [2.05, 4.69) is 31.7 Å². The van der Waals surface area contributed by atoms with Crippen LogP contribution in [0.3, 0.4) is 0 Å². The van der Waals surface area contributed by atoms with Gasteiger partial charge in [0, 0.05) is 19.0 Å². The monoisotopic (exact) mass is 411 g/mol. The molecule has 158 valence electrons. The fourth-order valence-corrected chi connectivity index (χ4v) is 2.33. The molecule has 30 heavy (non-hydrogen) atoms. The topological polar surface area (TPSA) is 108 Å². The van der Waals surface area contributed by atoms with E-state index >= 15 is 0 Å². The van der Waals surface area contributed by atoms with Crippen molar-refractivity contribution in [3.8, 4) is 18.0 Å². The van der Waals surface area contributed by atoms with Crippen LogP contribution >= 0.6 is 0 Å². The Morgan fingerprint density at radius 2 is 2.00 bits per heavy atom.